The second-order valence-corrected chi connectivity index (χ2v) is 7.09. The van der Waals surface area contributed by atoms with Gasteiger partial charge in [0.15, 0.2) is 0 Å². The molecule has 1 unspecified atom stereocenters. The highest BCUT2D eigenvalue weighted by atomic mass is 32.2. The van der Waals surface area contributed by atoms with Crippen LogP contribution < -0.4 is 4.31 Å². The standard InChI is InChI=1S/C17H20FN3O4S/c1-10(2)15-14(13(23)8-9-22)16(11-4-6-12(18)7-5-11)20-17(19-15)21(3)26(24)25/h4-7,9-10,13,23,26H,8H2,1-3H3. The van der Waals surface area contributed by atoms with Crippen molar-refractivity contribution in [3.05, 3.63) is 41.3 Å². The third-order valence-corrected chi connectivity index (χ3v) is 4.48. The van der Waals surface area contributed by atoms with Crippen molar-refractivity contribution in [1.29, 1.82) is 0 Å². The van der Waals surface area contributed by atoms with E-state index >= 15 is 0 Å². The SMILES string of the molecule is CC(C)c1nc(N(C)[SH](=O)=O)nc(-c2ccc(F)cc2)c1C(O)CC=O. The summed E-state index contributed by atoms with van der Waals surface area (Å²) in [6, 6.07) is 5.42. The van der Waals surface area contributed by atoms with Crippen molar-refractivity contribution in [1.82, 2.24) is 9.97 Å². The summed E-state index contributed by atoms with van der Waals surface area (Å²) in [5.74, 6) is -0.682. The number of aromatic nitrogens is 2. The minimum Gasteiger partial charge on any atom is -0.388 e. The summed E-state index contributed by atoms with van der Waals surface area (Å²) in [4.78, 5) is 19.4. The van der Waals surface area contributed by atoms with Gasteiger partial charge in [0.1, 0.15) is 12.1 Å². The van der Waals surface area contributed by atoms with Crippen LogP contribution in [-0.2, 0) is 15.7 Å². The summed E-state index contributed by atoms with van der Waals surface area (Å²) in [7, 11) is -1.65. The molecule has 0 radical (unpaired) electrons. The van der Waals surface area contributed by atoms with Crippen LogP contribution in [0.1, 0.15) is 43.5 Å². The van der Waals surface area contributed by atoms with Crippen LogP contribution in [0.25, 0.3) is 11.3 Å². The molecule has 0 aliphatic rings. The molecule has 1 aromatic carbocycles. The van der Waals surface area contributed by atoms with Crippen molar-refractivity contribution >= 4 is 23.1 Å². The molecule has 0 aliphatic carbocycles. The molecule has 0 amide bonds. The number of rotatable bonds is 7. The van der Waals surface area contributed by atoms with E-state index in [1.54, 1.807) is 0 Å². The zero-order valence-electron chi connectivity index (χ0n) is 14.6. The molecule has 2 rings (SSSR count). The molecule has 140 valence electrons. The third-order valence-electron chi connectivity index (χ3n) is 3.81. The molecule has 9 heteroatoms. The van der Waals surface area contributed by atoms with E-state index in [-0.39, 0.29) is 24.0 Å². The lowest BCUT2D eigenvalue weighted by Gasteiger charge is -2.22. The quantitative estimate of drug-likeness (QED) is 0.562. The lowest BCUT2D eigenvalue weighted by atomic mass is 9.93. The van der Waals surface area contributed by atoms with Gasteiger partial charge in [-0.15, -0.1) is 0 Å². The van der Waals surface area contributed by atoms with Gasteiger partial charge in [0, 0.05) is 24.6 Å². The van der Waals surface area contributed by atoms with Gasteiger partial charge in [-0.3, -0.25) is 0 Å². The summed E-state index contributed by atoms with van der Waals surface area (Å²) in [6.45, 7) is 3.66. The van der Waals surface area contributed by atoms with Crippen LogP contribution in [0.2, 0.25) is 0 Å². The molecule has 0 saturated carbocycles. The largest absolute Gasteiger partial charge is 0.388 e. The first kappa shape index (κ1) is 19.9. The molecule has 0 fully saturated rings. The van der Waals surface area contributed by atoms with Crippen LogP contribution in [0.3, 0.4) is 0 Å². The Morgan fingerprint density at radius 1 is 1.23 bits per heavy atom. The maximum absolute atomic E-state index is 13.3. The van der Waals surface area contributed by atoms with Gasteiger partial charge in [0.05, 0.1) is 17.5 Å². The molecule has 1 atom stereocenters. The first-order valence-electron chi connectivity index (χ1n) is 7.93. The molecule has 1 N–H and O–H groups in total. The average Bonchev–Trinajstić information content (AvgIpc) is 2.60. The van der Waals surface area contributed by atoms with Crippen LogP contribution in [0, 0.1) is 5.82 Å². The van der Waals surface area contributed by atoms with E-state index in [1.165, 1.54) is 31.3 Å². The van der Waals surface area contributed by atoms with Crippen molar-refractivity contribution < 1.29 is 22.7 Å². The first-order valence-corrected chi connectivity index (χ1v) is 9.06. The number of carbonyl (C=O) groups is 1. The number of halogens is 1. The van der Waals surface area contributed by atoms with Crippen LogP contribution in [0.4, 0.5) is 10.3 Å². The Morgan fingerprint density at radius 3 is 2.35 bits per heavy atom. The van der Waals surface area contributed by atoms with Crippen molar-refractivity contribution in [2.24, 2.45) is 0 Å². The van der Waals surface area contributed by atoms with Crippen LogP contribution in [0.15, 0.2) is 24.3 Å². The van der Waals surface area contributed by atoms with E-state index in [9.17, 15) is 22.7 Å². The number of hydrogen-bond donors (Lipinski definition) is 2. The number of aliphatic hydroxyl groups is 1. The van der Waals surface area contributed by atoms with Gasteiger partial charge in [0.25, 0.3) is 0 Å². The number of aldehydes is 1. The molecule has 1 aromatic heterocycles. The number of aliphatic hydroxyl groups excluding tert-OH is 1. The summed E-state index contributed by atoms with van der Waals surface area (Å²) < 4.78 is 36.8. The van der Waals surface area contributed by atoms with E-state index in [0.29, 0.717) is 23.1 Å². The van der Waals surface area contributed by atoms with Crippen molar-refractivity contribution in [3.63, 3.8) is 0 Å². The second-order valence-electron chi connectivity index (χ2n) is 6.01. The van der Waals surface area contributed by atoms with E-state index < -0.39 is 22.8 Å². The van der Waals surface area contributed by atoms with Crippen LogP contribution in [0.5, 0.6) is 0 Å². The molecular formula is C17H20FN3O4S. The lowest BCUT2D eigenvalue weighted by molar-refractivity contribution is -0.109. The van der Waals surface area contributed by atoms with Gasteiger partial charge in [-0.1, -0.05) is 13.8 Å². The second kappa shape index (κ2) is 8.33. The van der Waals surface area contributed by atoms with Crippen molar-refractivity contribution in [2.45, 2.75) is 32.3 Å². The van der Waals surface area contributed by atoms with Gasteiger partial charge >= 0.3 is 0 Å². The molecule has 0 bridgehead atoms. The Kier molecular flexibility index (Phi) is 6.38. The molecule has 1 heterocycles. The summed E-state index contributed by atoms with van der Waals surface area (Å²) in [5.41, 5.74) is 1.49. The zero-order chi connectivity index (χ0) is 19.4. The van der Waals surface area contributed by atoms with E-state index in [0.717, 1.165) is 4.31 Å². The van der Waals surface area contributed by atoms with Gasteiger partial charge < -0.3 is 9.90 Å². The topological polar surface area (TPSA) is 100 Å². The Bertz CT molecular complexity index is 861. The van der Waals surface area contributed by atoms with Gasteiger partial charge in [0.2, 0.25) is 16.8 Å². The highest BCUT2D eigenvalue weighted by Crippen LogP contribution is 2.35. The fourth-order valence-corrected chi connectivity index (χ4v) is 2.73. The van der Waals surface area contributed by atoms with E-state index in [4.69, 9.17) is 0 Å². The van der Waals surface area contributed by atoms with E-state index in [2.05, 4.69) is 9.97 Å². The van der Waals surface area contributed by atoms with Crippen molar-refractivity contribution in [3.8, 4) is 11.3 Å². The lowest BCUT2D eigenvalue weighted by Crippen LogP contribution is -2.21. The Hall–Kier alpha value is -2.39. The summed E-state index contributed by atoms with van der Waals surface area (Å²) in [6.07, 6.45) is -0.745. The fraction of sp³-hybridized carbons (Fsp3) is 0.353. The number of benzene rings is 1. The predicted octanol–water partition coefficient (Wildman–Crippen LogP) is 1.99. The summed E-state index contributed by atoms with van der Waals surface area (Å²) in [5, 5.41) is 10.5. The van der Waals surface area contributed by atoms with Crippen molar-refractivity contribution in [2.75, 3.05) is 11.4 Å². The highest BCUT2D eigenvalue weighted by Gasteiger charge is 2.25. The van der Waals surface area contributed by atoms with Gasteiger partial charge in [-0.05, 0) is 30.2 Å². The minimum atomic E-state index is -2.96. The average molecular weight is 381 g/mol. The Morgan fingerprint density at radius 2 is 1.85 bits per heavy atom. The van der Waals surface area contributed by atoms with Gasteiger partial charge in [-0.2, -0.15) is 0 Å². The number of hydrogen-bond acceptors (Lipinski definition) is 6. The maximum atomic E-state index is 13.3. The number of carbonyl (C=O) groups excluding carboxylic acids is 1. The normalized spacial score (nSPS) is 12.4. The molecule has 7 nitrogen and oxygen atoms in total. The number of nitrogens with zero attached hydrogens (tertiary/aromatic N) is 3. The van der Waals surface area contributed by atoms with Crippen LogP contribution in [-0.4, -0.2) is 36.8 Å². The monoisotopic (exact) mass is 381 g/mol. The van der Waals surface area contributed by atoms with E-state index in [1.807, 2.05) is 13.8 Å². The predicted molar refractivity (Wildman–Crippen MR) is 95.9 cm³/mol. The Balaban J connectivity index is 2.81. The third kappa shape index (κ3) is 4.23. The molecule has 26 heavy (non-hydrogen) atoms. The zero-order valence-corrected chi connectivity index (χ0v) is 15.5. The van der Waals surface area contributed by atoms with Gasteiger partial charge in [-0.25, -0.2) is 27.1 Å². The first-order chi connectivity index (χ1) is 12.3. The molecule has 0 aliphatic heterocycles. The highest BCUT2D eigenvalue weighted by molar-refractivity contribution is 7.74. The maximum Gasteiger partial charge on any atom is 0.239 e. The summed E-state index contributed by atoms with van der Waals surface area (Å²) >= 11 is 0. The molecule has 0 saturated heterocycles. The smallest absolute Gasteiger partial charge is 0.239 e. The Labute approximate surface area is 152 Å². The number of anilines is 1. The fourth-order valence-electron chi connectivity index (χ4n) is 2.50. The molecule has 2 aromatic rings. The molecule has 0 spiro atoms. The van der Waals surface area contributed by atoms with Crippen LogP contribution >= 0.6 is 0 Å². The number of thiol groups is 1. The minimum absolute atomic E-state index is 0.0637. The molecular weight excluding hydrogens is 361 g/mol.